The summed E-state index contributed by atoms with van der Waals surface area (Å²) < 4.78 is 0. The molecule has 2 nitrogen and oxygen atoms in total. The molecule has 1 aliphatic rings. The minimum atomic E-state index is 0.269. The molecule has 0 radical (unpaired) electrons. The second kappa shape index (κ2) is 5.46. The lowest BCUT2D eigenvalue weighted by Gasteiger charge is -2.43. The Bertz CT molecular complexity index is 306. The molecule has 2 rings (SSSR count). The molecule has 1 heterocycles. The minimum absolute atomic E-state index is 0.269. The van der Waals surface area contributed by atoms with Gasteiger partial charge in [0.1, 0.15) is 0 Å². The van der Waals surface area contributed by atoms with Gasteiger partial charge in [0.2, 0.25) is 0 Å². The highest BCUT2D eigenvalue weighted by molar-refractivity contribution is 5.16. The first kappa shape index (κ1) is 11.6. The van der Waals surface area contributed by atoms with Gasteiger partial charge in [-0.2, -0.15) is 0 Å². The minimum Gasteiger partial charge on any atom is -0.395 e. The fourth-order valence-corrected chi connectivity index (χ4v) is 2.36. The quantitative estimate of drug-likeness (QED) is 0.818. The molecular weight excluding hydrogens is 198 g/mol. The Kier molecular flexibility index (Phi) is 3.97. The van der Waals surface area contributed by atoms with Crippen LogP contribution in [0.25, 0.3) is 0 Å². The van der Waals surface area contributed by atoms with E-state index in [4.69, 9.17) is 0 Å². The highest BCUT2D eigenvalue weighted by atomic mass is 16.3. The van der Waals surface area contributed by atoms with Crippen LogP contribution in [0.5, 0.6) is 0 Å². The number of aliphatic hydroxyl groups excluding tert-OH is 1. The van der Waals surface area contributed by atoms with Gasteiger partial charge in [-0.1, -0.05) is 43.7 Å². The third-order valence-corrected chi connectivity index (χ3v) is 3.60. The van der Waals surface area contributed by atoms with Crippen LogP contribution in [0, 0.1) is 5.92 Å². The smallest absolute Gasteiger partial charge is 0.0590 e. The number of benzene rings is 1. The Labute approximate surface area is 97.9 Å². The zero-order chi connectivity index (χ0) is 11.4. The standard InChI is InChI=1S/C14H21NO/c1-2-12-9-15(10-12)14(11-16)8-13-6-4-3-5-7-13/h3-7,12,14,16H,2,8-11H2,1H3/t14-/m0/s1. The topological polar surface area (TPSA) is 23.5 Å². The van der Waals surface area contributed by atoms with Gasteiger partial charge in [0.15, 0.2) is 0 Å². The number of likely N-dealkylation sites (tertiary alicyclic amines) is 1. The normalized spacial score (nSPS) is 19.4. The highest BCUT2D eigenvalue weighted by Crippen LogP contribution is 2.22. The van der Waals surface area contributed by atoms with Crippen molar-refractivity contribution in [1.29, 1.82) is 0 Å². The second-order valence-electron chi connectivity index (χ2n) is 4.75. The summed E-state index contributed by atoms with van der Waals surface area (Å²) in [6, 6.07) is 10.8. The van der Waals surface area contributed by atoms with Crippen LogP contribution in [0.1, 0.15) is 18.9 Å². The lowest BCUT2D eigenvalue weighted by molar-refractivity contribution is 0.0229. The average Bonchev–Trinajstić information content (AvgIpc) is 2.27. The number of hydrogen-bond acceptors (Lipinski definition) is 2. The lowest BCUT2D eigenvalue weighted by Crippen LogP contribution is -2.53. The second-order valence-corrected chi connectivity index (χ2v) is 4.75. The molecule has 16 heavy (non-hydrogen) atoms. The van der Waals surface area contributed by atoms with Crippen LogP contribution in [-0.2, 0) is 6.42 Å². The third kappa shape index (κ3) is 2.63. The van der Waals surface area contributed by atoms with E-state index in [-0.39, 0.29) is 6.61 Å². The average molecular weight is 219 g/mol. The third-order valence-electron chi connectivity index (χ3n) is 3.60. The molecule has 0 unspecified atom stereocenters. The van der Waals surface area contributed by atoms with E-state index in [1.165, 1.54) is 12.0 Å². The van der Waals surface area contributed by atoms with Gasteiger partial charge in [-0.05, 0) is 17.9 Å². The van der Waals surface area contributed by atoms with E-state index in [1.807, 2.05) is 6.07 Å². The Morgan fingerprint density at radius 2 is 2.00 bits per heavy atom. The summed E-state index contributed by atoms with van der Waals surface area (Å²) in [6.45, 7) is 4.83. The van der Waals surface area contributed by atoms with Crippen molar-refractivity contribution in [2.75, 3.05) is 19.7 Å². The maximum absolute atomic E-state index is 9.44. The summed E-state index contributed by atoms with van der Waals surface area (Å²) >= 11 is 0. The van der Waals surface area contributed by atoms with Crippen molar-refractivity contribution < 1.29 is 5.11 Å². The summed E-state index contributed by atoms with van der Waals surface area (Å²) in [5, 5.41) is 9.44. The molecule has 1 aromatic rings. The van der Waals surface area contributed by atoms with Crippen molar-refractivity contribution in [2.24, 2.45) is 5.92 Å². The van der Waals surface area contributed by atoms with Gasteiger partial charge in [-0.3, -0.25) is 4.90 Å². The Morgan fingerprint density at radius 1 is 1.31 bits per heavy atom. The van der Waals surface area contributed by atoms with Gasteiger partial charge >= 0.3 is 0 Å². The zero-order valence-electron chi connectivity index (χ0n) is 9.97. The van der Waals surface area contributed by atoms with Gasteiger partial charge in [-0.15, -0.1) is 0 Å². The predicted octanol–water partition coefficient (Wildman–Crippen LogP) is 1.93. The van der Waals surface area contributed by atoms with Crippen molar-refractivity contribution in [3.63, 3.8) is 0 Å². The molecule has 88 valence electrons. The van der Waals surface area contributed by atoms with Crippen molar-refractivity contribution in [2.45, 2.75) is 25.8 Å². The molecule has 1 fully saturated rings. The molecule has 1 saturated heterocycles. The highest BCUT2D eigenvalue weighted by Gasteiger charge is 2.30. The van der Waals surface area contributed by atoms with E-state index in [0.717, 1.165) is 25.4 Å². The Morgan fingerprint density at radius 3 is 2.56 bits per heavy atom. The first-order chi connectivity index (χ1) is 7.83. The van der Waals surface area contributed by atoms with Crippen molar-refractivity contribution in [3.8, 4) is 0 Å². The molecule has 1 atom stereocenters. The summed E-state index contributed by atoms with van der Waals surface area (Å²) in [4.78, 5) is 2.40. The number of rotatable bonds is 5. The summed E-state index contributed by atoms with van der Waals surface area (Å²) in [5.74, 6) is 0.852. The molecule has 0 saturated carbocycles. The van der Waals surface area contributed by atoms with Gasteiger partial charge in [0, 0.05) is 19.1 Å². The van der Waals surface area contributed by atoms with Crippen LogP contribution in [-0.4, -0.2) is 35.7 Å². The number of aliphatic hydroxyl groups is 1. The maximum Gasteiger partial charge on any atom is 0.0590 e. The van der Waals surface area contributed by atoms with Crippen LogP contribution >= 0.6 is 0 Å². The predicted molar refractivity (Wildman–Crippen MR) is 66.4 cm³/mol. The molecule has 1 aliphatic heterocycles. The molecule has 1 aromatic carbocycles. The zero-order valence-corrected chi connectivity index (χ0v) is 9.97. The molecule has 2 heteroatoms. The van der Waals surface area contributed by atoms with Gasteiger partial charge in [0.25, 0.3) is 0 Å². The van der Waals surface area contributed by atoms with Crippen LogP contribution < -0.4 is 0 Å². The van der Waals surface area contributed by atoms with E-state index < -0.39 is 0 Å². The molecule has 0 spiro atoms. The molecule has 1 N–H and O–H groups in total. The Hall–Kier alpha value is -0.860. The van der Waals surface area contributed by atoms with E-state index in [9.17, 15) is 5.11 Å². The first-order valence-electron chi connectivity index (χ1n) is 6.22. The summed E-state index contributed by atoms with van der Waals surface area (Å²) in [6.07, 6.45) is 2.23. The van der Waals surface area contributed by atoms with E-state index in [1.54, 1.807) is 0 Å². The Balaban J connectivity index is 1.87. The molecule has 0 amide bonds. The lowest BCUT2D eigenvalue weighted by atomic mass is 9.93. The van der Waals surface area contributed by atoms with Crippen LogP contribution in [0.4, 0.5) is 0 Å². The summed E-state index contributed by atoms with van der Waals surface area (Å²) in [7, 11) is 0. The molecular formula is C14H21NO. The molecule has 0 aliphatic carbocycles. The number of nitrogens with zero attached hydrogens (tertiary/aromatic N) is 1. The van der Waals surface area contributed by atoms with Gasteiger partial charge < -0.3 is 5.11 Å². The number of hydrogen-bond donors (Lipinski definition) is 1. The van der Waals surface area contributed by atoms with E-state index in [2.05, 4.69) is 36.1 Å². The van der Waals surface area contributed by atoms with Gasteiger partial charge in [0.05, 0.1) is 6.61 Å². The molecule has 0 bridgehead atoms. The van der Waals surface area contributed by atoms with E-state index >= 15 is 0 Å². The SMILES string of the molecule is CCC1CN([C@H](CO)Cc2ccccc2)C1. The van der Waals surface area contributed by atoms with Crippen molar-refractivity contribution >= 4 is 0 Å². The van der Waals surface area contributed by atoms with Crippen LogP contribution in [0.3, 0.4) is 0 Å². The summed E-state index contributed by atoms with van der Waals surface area (Å²) in [5.41, 5.74) is 1.32. The van der Waals surface area contributed by atoms with Crippen molar-refractivity contribution in [3.05, 3.63) is 35.9 Å². The molecule has 0 aromatic heterocycles. The largest absolute Gasteiger partial charge is 0.395 e. The fourth-order valence-electron chi connectivity index (χ4n) is 2.36. The maximum atomic E-state index is 9.44. The fraction of sp³-hybridized carbons (Fsp3) is 0.571. The first-order valence-corrected chi connectivity index (χ1v) is 6.22. The monoisotopic (exact) mass is 219 g/mol. The van der Waals surface area contributed by atoms with Crippen LogP contribution in [0.2, 0.25) is 0 Å². The van der Waals surface area contributed by atoms with E-state index in [0.29, 0.717) is 6.04 Å². The van der Waals surface area contributed by atoms with Gasteiger partial charge in [-0.25, -0.2) is 0 Å². The van der Waals surface area contributed by atoms with Crippen molar-refractivity contribution in [1.82, 2.24) is 4.90 Å². The van der Waals surface area contributed by atoms with Crippen LogP contribution in [0.15, 0.2) is 30.3 Å².